The Morgan fingerprint density at radius 2 is 2.20 bits per heavy atom. The Morgan fingerprint density at radius 1 is 1.53 bits per heavy atom. The molecule has 0 bridgehead atoms. The summed E-state index contributed by atoms with van der Waals surface area (Å²) in [6.45, 7) is 8.66. The summed E-state index contributed by atoms with van der Waals surface area (Å²) in [5.41, 5.74) is 2.43. The van der Waals surface area contributed by atoms with E-state index in [0.29, 0.717) is 5.88 Å². The van der Waals surface area contributed by atoms with Gasteiger partial charge in [-0.2, -0.15) is 0 Å². The largest absolute Gasteiger partial charge is 0.241 e. The first kappa shape index (κ1) is 12.7. The Bertz CT molecular complexity index is 341. The maximum atomic E-state index is 5.82. The minimum Gasteiger partial charge on any atom is -0.241 e. The van der Waals surface area contributed by atoms with Gasteiger partial charge in [0.25, 0.3) is 0 Å². The van der Waals surface area contributed by atoms with Gasteiger partial charge in [0.05, 0.1) is 10.7 Å². The van der Waals surface area contributed by atoms with Gasteiger partial charge in [-0.05, 0) is 12.5 Å². The van der Waals surface area contributed by atoms with Crippen LogP contribution in [-0.4, -0.2) is 10.9 Å². The number of rotatable bonds is 3. The first-order valence-electron chi connectivity index (χ1n) is 5.18. The third-order valence-electron chi connectivity index (χ3n) is 2.14. The molecule has 0 fully saturated rings. The summed E-state index contributed by atoms with van der Waals surface area (Å²) >= 11 is 7.54. The van der Waals surface area contributed by atoms with Crippen LogP contribution in [0.1, 0.15) is 44.8 Å². The molecule has 1 nitrogen and oxygen atoms in total. The fourth-order valence-corrected chi connectivity index (χ4v) is 2.27. The molecule has 1 rings (SSSR count). The summed E-state index contributed by atoms with van der Waals surface area (Å²) in [7, 11) is 0. The third kappa shape index (κ3) is 3.62. The highest BCUT2D eigenvalue weighted by Gasteiger charge is 2.17. The molecule has 0 radical (unpaired) electrons. The number of halogens is 1. The number of nitrogens with zero attached hydrogens (tertiary/aromatic N) is 1. The van der Waals surface area contributed by atoms with Gasteiger partial charge in [-0.1, -0.05) is 33.3 Å². The second-order valence-corrected chi connectivity index (χ2v) is 5.74. The minimum absolute atomic E-state index is 0.143. The van der Waals surface area contributed by atoms with Crippen LogP contribution in [0.15, 0.2) is 11.0 Å². The van der Waals surface area contributed by atoms with E-state index in [1.807, 2.05) is 0 Å². The van der Waals surface area contributed by atoms with Crippen molar-refractivity contribution in [2.24, 2.45) is 0 Å². The lowest BCUT2D eigenvalue weighted by molar-refractivity contribution is 0.585. The summed E-state index contributed by atoms with van der Waals surface area (Å²) in [5.74, 6) is 0.596. The molecule has 0 aliphatic carbocycles. The van der Waals surface area contributed by atoms with Crippen LogP contribution in [0.2, 0.25) is 0 Å². The highest BCUT2D eigenvalue weighted by Crippen LogP contribution is 2.26. The quantitative estimate of drug-likeness (QED) is 0.714. The Morgan fingerprint density at radius 3 is 2.60 bits per heavy atom. The minimum atomic E-state index is 0.143. The van der Waals surface area contributed by atoms with Gasteiger partial charge < -0.3 is 0 Å². The van der Waals surface area contributed by atoms with Crippen LogP contribution in [0, 0.1) is 0 Å². The lowest BCUT2D eigenvalue weighted by Gasteiger charge is -2.13. The average molecular weight is 244 g/mol. The van der Waals surface area contributed by atoms with Gasteiger partial charge in [-0.3, -0.25) is 0 Å². The van der Waals surface area contributed by atoms with Crippen LogP contribution in [0.3, 0.4) is 0 Å². The molecule has 15 heavy (non-hydrogen) atoms. The predicted octanol–water partition coefficient (Wildman–Crippen LogP) is 4.47. The van der Waals surface area contributed by atoms with E-state index in [-0.39, 0.29) is 5.41 Å². The topological polar surface area (TPSA) is 12.9 Å². The van der Waals surface area contributed by atoms with Crippen molar-refractivity contribution >= 4 is 29.0 Å². The Hall–Kier alpha value is -0.340. The van der Waals surface area contributed by atoms with Gasteiger partial charge in [0.1, 0.15) is 0 Å². The van der Waals surface area contributed by atoms with Gasteiger partial charge in [0.2, 0.25) is 0 Å². The van der Waals surface area contributed by atoms with Crippen LogP contribution < -0.4 is 0 Å². The molecule has 0 saturated heterocycles. The van der Waals surface area contributed by atoms with Crippen molar-refractivity contribution in [3.05, 3.63) is 21.7 Å². The standard InChI is InChI=1S/C12H18ClNS/c1-5-9(7-13)6-10-8-15-11(14-10)12(2,3)4/h6,8H,5,7H2,1-4H3. The molecule has 0 amide bonds. The molecule has 1 aromatic heterocycles. The summed E-state index contributed by atoms with van der Waals surface area (Å²) < 4.78 is 0. The predicted molar refractivity (Wildman–Crippen MR) is 69.8 cm³/mol. The first-order valence-corrected chi connectivity index (χ1v) is 6.60. The zero-order chi connectivity index (χ0) is 11.5. The fourth-order valence-electron chi connectivity index (χ4n) is 1.14. The Balaban J connectivity index is 2.90. The van der Waals surface area contributed by atoms with Crippen molar-refractivity contribution < 1.29 is 0 Å². The highest BCUT2D eigenvalue weighted by atomic mass is 35.5. The zero-order valence-electron chi connectivity index (χ0n) is 9.80. The molecule has 3 heteroatoms. The number of alkyl halides is 1. The Labute approximate surface area is 101 Å². The molecule has 84 valence electrons. The molecule has 0 spiro atoms. The summed E-state index contributed by atoms with van der Waals surface area (Å²) in [6.07, 6.45) is 3.09. The van der Waals surface area contributed by atoms with Crippen molar-refractivity contribution in [2.45, 2.75) is 39.5 Å². The van der Waals surface area contributed by atoms with Crippen molar-refractivity contribution in [1.29, 1.82) is 0 Å². The van der Waals surface area contributed by atoms with E-state index < -0.39 is 0 Å². The summed E-state index contributed by atoms with van der Waals surface area (Å²) in [6, 6.07) is 0. The molecule has 0 aliphatic heterocycles. The number of aromatic nitrogens is 1. The fraction of sp³-hybridized carbons (Fsp3) is 0.583. The lowest BCUT2D eigenvalue weighted by atomic mass is 9.98. The van der Waals surface area contributed by atoms with Crippen molar-refractivity contribution in [3.8, 4) is 0 Å². The monoisotopic (exact) mass is 243 g/mol. The van der Waals surface area contributed by atoms with Gasteiger partial charge in [0.15, 0.2) is 0 Å². The first-order chi connectivity index (χ1) is 6.97. The van der Waals surface area contributed by atoms with Gasteiger partial charge in [-0.15, -0.1) is 22.9 Å². The number of allylic oxidation sites excluding steroid dienone is 1. The second-order valence-electron chi connectivity index (χ2n) is 4.62. The van der Waals surface area contributed by atoms with Crippen LogP contribution in [-0.2, 0) is 5.41 Å². The van der Waals surface area contributed by atoms with E-state index in [9.17, 15) is 0 Å². The molecule has 1 aromatic rings. The summed E-state index contributed by atoms with van der Waals surface area (Å²) in [4.78, 5) is 4.60. The van der Waals surface area contributed by atoms with E-state index in [1.54, 1.807) is 11.3 Å². The van der Waals surface area contributed by atoms with Crippen LogP contribution >= 0.6 is 22.9 Å². The second kappa shape index (κ2) is 5.13. The molecule has 0 aliphatic rings. The molecule has 0 saturated carbocycles. The Kier molecular flexibility index (Phi) is 4.35. The normalized spacial score (nSPS) is 13.3. The van der Waals surface area contributed by atoms with E-state index in [4.69, 9.17) is 11.6 Å². The number of hydrogen-bond acceptors (Lipinski definition) is 2. The van der Waals surface area contributed by atoms with Gasteiger partial charge in [0, 0.05) is 16.7 Å². The molecule has 0 atom stereocenters. The number of hydrogen-bond donors (Lipinski definition) is 0. The van der Waals surface area contributed by atoms with Crippen LogP contribution in [0.4, 0.5) is 0 Å². The van der Waals surface area contributed by atoms with E-state index >= 15 is 0 Å². The molecule has 0 unspecified atom stereocenters. The smallest absolute Gasteiger partial charge is 0.0985 e. The SMILES string of the molecule is CCC(=Cc1csc(C(C)(C)C)n1)CCl. The van der Waals surface area contributed by atoms with E-state index in [0.717, 1.165) is 12.1 Å². The van der Waals surface area contributed by atoms with E-state index in [2.05, 4.69) is 44.1 Å². The molecule has 1 heterocycles. The maximum Gasteiger partial charge on any atom is 0.0985 e. The van der Waals surface area contributed by atoms with Gasteiger partial charge in [-0.25, -0.2) is 4.98 Å². The zero-order valence-corrected chi connectivity index (χ0v) is 11.4. The average Bonchev–Trinajstić information content (AvgIpc) is 2.61. The van der Waals surface area contributed by atoms with Crippen molar-refractivity contribution in [1.82, 2.24) is 4.98 Å². The van der Waals surface area contributed by atoms with Crippen LogP contribution in [0.5, 0.6) is 0 Å². The van der Waals surface area contributed by atoms with Gasteiger partial charge >= 0.3 is 0 Å². The van der Waals surface area contributed by atoms with Crippen molar-refractivity contribution in [3.63, 3.8) is 0 Å². The molecular weight excluding hydrogens is 226 g/mol. The van der Waals surface area contributed by atoms with Crippen molar-refractivity contribution in [2.75, 3.05) is 5.88 Å². The number of thiazole rings is 1. The molecule has 0 N–H and O–H groups in total. The van der Waals surface area contributed by atoms with E-state index in [1.165, 1.54) is 10.6 Å². The molecular formula is C12H18ClNS. The van der Waals surface area contributed by atoms with Crippen LogP contribution in [0.25, 0.3) is 6.08 Å². The highest BCUT2D eigenvalue weighted by molar-refractivity contribution is 7.09. The lowest BCUT2D eigenvalue weighted by Crippen LogP contribution is -2.10. The maximum absolute atomic E-state index is 5.82. The molecule has 0 aromatic carbocycles. The summed E-state index contributed by atoms with van der Waals surface area (Å²) in [5, 5.41) is 3.28. The third-order valence-corrected chi connectivity index (χ3v) is 3.77.